The van der Waals surface area contributed by atoms with Crippen molar-refractivity contribution in [2.75, 3.05) is 18.2 Å². The maximum atomic E-state index is 13.4. The Morgan fingerprint density at radius 2 is 2.06 bits per heavy atom. The minimum Gasteiger partial charge on any atom is -0.493 e. The smallest absolute Gasteiger partial charge is 0.227 e. The molecule has 1 aliphatic heterocycles. The molecule has 8 heteroatoms. The average molecular weight is 471 g/mol. The lowest BCUT2D eigenvalue weighted by Gasteiger charge is -2.38. The Labute approximate surface area is 200 Å². The molecular formula is C25H34N4O3S. The van der Waals surface area contributed by atoms with Crippen LogP contribution in [0, 0.1) is 5.41 Å². The summed E-state index contributed by atoms with van der Waals surface area (Å²) >= 11 is 1.66. The molecule has 0 bridgehead atoms. The average Bonchev–Trinajstić information content (AvgIpc) is 3.13. The van der Waals surface area contributed by atoms with Crippen molar-refractivity contribution in [2.24, 2.45) is 5.41 Å². The number of rotatable bonds is 8. The number of nitrogens with zero attached hydrogens (tertiary/aromatic N) is 3. The Morgan fingerprint density at radius 1 is 1.27 bits per heavy atom. The fourth-order valence-corrected chi connectivity index (χ4v) is 5.38. The molecule has 2 aromatic rings. The van der Waals surface area contributed by atoms with Crippen LogP contribution in [-0.2, 0) is 4.79 Å². The van der Waals surface area contributed by atoms with Gasteiger partial charge in [-0.1, -0.05) is 45.0 Å². The quantitative estimate of drug-likeness (QED) is 0.396. The van der Waals surface area contributed by atoms with Gasteiger partial charge in [-0.25, -0.2) is 4.68 Å². The Kier molecular flexibility index (Phi) is 6.75. The van der Waals surface area contributed by atoms with Crippen molar-refractivity contribution in [1.82, 2.24) is 14.8 Å². The third-order valence-electron chi connectivity index (χ3n) is 5.91. The summed E-state index contributed by atoms with van der Waals surface area (Å²) in [6, 6.07) is 5.53. The molecule has 4 rings (SSSR count). The molecule has 1 aliphatic carbocycles. The van der Waals surface area contributed by atoms with Gasteiger partial charge in [0.1, 0.15) is 6.04 Å². The normalized spacial score (nSPS) is 19.2. The van der Waals surface area contributed by atoms with E-state index in [2.05, 4.69) is 26.1 Å². The van der Waals surface area contributed by atoms with Gasteiger partial charge in [-0.2, -0.15) is 4.98 Å². The number of methoxy groups -OCH3 is 1. The third kappa shape index (κ3) is 4.90. The van der Waals surface area contributed by atoms with Crippen LogP contribution in [0.25, 0.3) is 0 Å². The van der Waals surface area contributed by atoms with Crippen LogP contribution in [0.15, 0.2) is 34.6 Å². The molecule has 1 N–H and O–H groups in total. The summed E-state index contributed by atoms with van der Waals surface area (Å²) in [6.07, 6.45) is 3.58. The summed E-state index contributed by atoms with van der Waals surface area (Å²) < 4.78 is 13.4. The lowest BCUT2D eigenvalue weighted by molar-refractivity contribution is -0.118. The second kappa shape index (κ2) is 9.41. The van der Waals surface area contributed by atoms with E-state index in [-0.39, 0.29) is 23.3 Å². The highest BCUT2D eigenvalue weighted by Crippen LogP contribution is 2.46. The molecule has 1 aromatic carbocycles. The first-order valence-corrected chi connectivity index (χ1v) is 12.7. The largest absolute Gasteiger partial charge is 0.493 e. The number of hydrogen-bond acceptors (Lipinski definition) is 7. The van der Waals surface area contributed by atoms with Gasteiger partial charge in [-0.3, -0.25) is 4.79 Å². The molecule has 7 nitrogen and oxygen atoms in total. The van der Waals surface area contributed by atoms with E-state index >= 15 is 0 Å². The van der Waals surface area contributed by atoms with Gasteiger partial charge in [0.25, 0.3) is 0 Å². The van der Waals surface area contributed by atoms with Crippen LogP contribution < -0.4 is 14.8 Å². The maximum Gasteiger partial charge on any atom is 0.227 e. The molecule has 0 radical (unpaired) electrons. The summed E-state index contributed by atoms with van der Waals surface area (Å²) in [5.74, 6) is 3.14. The Morgan fingerprint density at radius 3 is 2.76 bits per heavy atom. The Bertz CT molecular complexity index is 1070. The van der Waals surface area contributed by atoms with Crippen LogP contribution in [0.4, 0.5) is 5.95 Å². The summed E-state index contributed by atoms with van der Waals surface area (Å²) in [5.41, 5.74) is 2.56. The number of carbonyl (C=O) groups excluding carboxylic acids is 1. The van der Waals surface area contributed by atoms with Gasteiger partial charge in [0, 0.05) is 23.4 Å². The predicted octanol–water partition coefficient (Wildman–Crippen LogP) is 5.62. The molecule has 0 saturated carbocycles. The molecule has 0 amide bonds. The molecule has 33 heavy (non-hydrogen) atoms. The van der Waals surface area contributed by atoms with E-state index in [1.54, 1.807) is 18.9 Å². The van der Waals surface area contributed by atoms with E-state index in [1.165, 1.54) is 0 Å². The number of anilines is 1. The van der Waals surface area contributed by atoms with E-state index in [0.29, 0.717) is 23.9 Å². The van der Waals surface area contributed by atoms with E-state index in [0.717, 1.165) is 47.0 Å². The van der Waals surface area contributed by atoms with Gasteiger partial charge in [-0.05, 0) is 49.8 Å². The number of carbonyl (C=O) groups is 1. The van der Waals surface area contributed by atoms with Crippen LogP contribution in [0.3, 0.4) is 0 Å². The molecule has 0 fully saturated rings. The van der Waals surface area contributed by atoms with Crippen LogP contribution in [0.2, 0.25) is 0 Å². The molecule has 1 aromatic heterocycles. The van der Waals surface area contributed by atoms with Crippen molar-refractivity contribution in [2.45, 2.75) is 77.6 Å². The van der Waals surface area contributed by atoms with Crippen molar-refractivity contribution in [3.63, 3.8) is 0 Å². The second-order valence-electron chi connectivity index (χ2n) is 9.80. The molecule has 178 valence electrons. The number of nitrogens with one attached hydrogen (secondary N) is 1. The van der Waals surface area contributed by atoms with Crippen molar-refractivity contribution < 1.29 is 14.3 Å². The number of Topliss-reactive ketones (excluding diaryl/α,β-unsaturated/α-hetero) is 1. The lowest BCUT2D eigenvalue weighted by atomic mass is 9.73. The van der Waals surface area contributed by atoms with Crippen molar-refractivity contribution in [3.8, 4) is 11.5 Å². The van der Waals surface area contributed by atoms with E-state index in [9.17, 15) is 4.79 Å². The Balaban J connectivity index is 1.80. The number of allylic oxidation sites excluding steroid dienone is 2. The zero-order valence-electron chi connectivity index (χ0n) is 20.4. The van der Waals surface area contributed by atoms with Crippen LogP contribution in [0.5, 0.6) is 11.5 Å². The number of unbranched alkanes of at least 4 members (excludes halogenated alkanes) is 1. The fraction of sp³-hybridized carbons (Fsp3) is 0.560. The van der Waals surface area contributed by atoms with Gasteiger partial charge in [0.05, 0.1) is 13.2 Å². The van der Waals surface area contributed by atoms with Crippen molar-refractivity contribution in [1.29, 1.82) is 0 Å². The van der Waals surface area contributed by atoms with Crippen molar-refractivity contribution in [3.05, 3.63) is 35.0 Å². The molecule has 1 unspecified atom stereocenters. The zero-order valence-corrected chi connectivity index (χ0v) is 21.2. The minimum atomic E-state index is -0.352. The predicted molar refractivity (Wildman–Crippen MR) is 131 cm³/mol. The third-order valence-corrected chi connectivity index (χ3v) is 6.83. The molecule has 1 atom stereocenters. The zero-order chi connectivity index (χ0) is 23.8. The summed E-state index contributed by atoms with van der Waals surface area (Å²) in [6.45, 7) is 10.4. The second-order valence-corrected chi connectivity index (χ2v) is 10.9. The monoisotopic (exact) mass is 470 g/mol. The first kappa shape index (κ1) is 23.7. The summed E-state index contributed by atoms with van der Waals surface area (Å²) in [4.78, 5) is 18.2. The first-order chi connectivity index (χ1) is 15.7. The summed E-state index contributed by atoms with van der Waals surface area (Å²) in [7, 11) is 1.64. The van der Waals surface area contributed by atoms with Crippen molar-refractivity contribution >= 4 is 23.5 Å². The van der Waals surface area contributed by atoms with Gasteiger partial charge >= 0.3 is 0 Å². The van der Waals surface area contributed by atoms with Gasteiger partial charge in [0.2, 0.25) is 11.1 Å². The van der Waals surface area contributed by atoms with E-state index < -0.39 is 0 Å². The van der Waals surface area contributed by atoms with Gasteiger partial charge < -0.3 is 14.8 Å². The lowest BCUT2D eigenvalue weighted by Crippen LogP contribution is -2.36. The summed E-state index contributed by atoms with van der Waals surface area (Å²) in [5, 5.41) is 8.99. The first-order valence-electron chi connectivity index (χ1n) is 11.7. The SMILES string of the molecule is CCCCSc1nc2n(n1)C(c1ccc(OC(C)C)c(OC)c1)C1=C(CC(C)(C)CC1=O)N2. The van der Waals surface area contributed by atoms with E-state index in [1.807, 2.05) is 36.7 Å². The minimum absolute atomic E-state index is 0.0321. The van der Waals surface area contributed by atoms with Crippen LogP contribution in [0.1, 0.15) is 71.9 Å². The number of benzene rings is 1. The number of ketones is 1. The molecule has 0 saturated heterocycles. The topological polar surface area (TPSA) is 78.3 Å². The van der Waals surface area contributed by atoms with Crippen LogP contribution >= 0.6 is 11.8 Å². The maximum absolute atomic E-state index is 13.4. The van der Waals surface area contributed by atoms with E-state index in [4.69, 9.17) is 19.6 Å². The van der Waals surface area contributed by atoms with Gasteiger partial charge in [-0.15, -0.1) is 5.10 Å². The molecule has 2 heterocycles. The highest BCUT2D eigenvalue weighted by atomic mass is 32.2. The molecule has 0 spiro atoms. The number of thioether (sulfide) groups is 1. The number of fused-ring (bicyclic) bond motifs is 1. The number of ether oxygens (including phenoxy) is 2. The highest BCUT2D eigenvalue weighted by molar-refractivity contribution is 7.99. The van der Waals surface area contributed by atoms with Gasteiger partial charge in [0.15, 0.2) is 17.3 Å². The van der Waals surface area contributed by atoms with Crippen LogP contribution in [-0.4, -0.2) is 39.5 Å². The molecule has 2 aliphatic rings. The fourth-order valence-electron chi connectivity index (χ4n) is 4.47. The Hall–Kier alpha value is -2.48. The standard InChI is InChI=1S/C25H34N4O3S/c1-7-8-11-33-24-27-23-26-17-13-25(4,5)14-18(30)21(17)22(29(23)28-24)16-9-10-19(32-15(2)3)20(12-16)31-6/h9-10,12,15,22H,7-8,11,13-14H2,1-6H3,(H,26,27,28). The highest BCUT2D eigenvalue weighted by Gasteiger charge is 2.42. The number of hydrogen-bond donors (Lipinski definition) is 1. The molecular weight excluding hydrogens is 436 g/mol. The number of aromatic nitrogens is 3.